The molecule has 0 atom stereocenters. The van der Waals surface area contributed by atoms with Gasteiger partial charge in [-0.25, -0.2) is 13.1 Å². The maximum atomic E-state index is 12.0. The van der Waals surface area contributed by atoms with E-state index in [2.05, 4.69) is 20.1 Å². The molecule has 0 spiro atoms. The number of rotatable bonds is 4. The molecular weight excluding hydrogens is 260 g/mol. The Bertz CT molecular complexity index is 638. The molecule has 1 N–H and O–H groups in total. The normalized spacial score (nSPS) is 11.9. The van der Waals surface area contributed by atoms with Gasteiger partial charge in [-0.2, -0.15) is 0 Å². The molecule has 8 nitrogen and oxygen atoms in total. The molecule has 18 heavy (non-hydrogen) atoms. The average molecular weight is 272 g/mol. The molecule has 2 rings (SSSR count). The van der Waals surface area contributed by atoms with E-state index in [1.807, 2.05) is 0 Å². The topological polar surface area (TPSA) is 111 Å². The van der Waals surface area contributed by atoms with Crippen LogP contribution in [-0.4, -0.2) is 23.8 Å². The molecule has 0 aromatic carbocycles. The van der Waals surface area contributed by atoms with Crippen molar-refractivity contribution in [3.05, 3.63) is 23.2 Å². The maximum Gasteiger partial charge on any atom is 0.246 e. The largest absolute Gasteiger partial charge is 0.424 e. The van der Waals surface area contributed by atoms with Crippen LogP contribution in [0.15, 0.2) is 13.8 Å². The molecule has 0 amide bonds. The second-order valence-electron chi connectivity index (χ2n) is 3.69. The van der Waals surface area contributed by atoms with Crippen molar-refractivity contribution >= 4 is 10.0 Å². The molecule has 0 saturated carbocycles. The third-order valence-corrected chi connectivity index (χ3v) is 3.86. The number of hydrogen-bond acceptors (Lipinski definition) is 7. The Morgan fingerprint density at radius 3 is 2.44 bits per heavy atom. The minimum atomic E-state index is -3.70. The summed E-state index contributed by atoms with van der Waals surface area (Å²) in [5.41, 5.74) is 0.307. The third-order valence-electron chi connectivity index (χ3n) is 2.22. The number of nitrogens with one attached hydrogen (secondary N) is 1. The van der Waals surface area contributed by atoms with Crippen LogP contribution in [0.1, 0.15) is 23.2 Å². The molecule has 0 aliphatic carbocycles. The van der Waals surface area contributed by atoms with Crippen molar-refractivity contribution in [2.45, 2.75) is 32.2 Å². The van der Waals surface area contributed by atoms with Crippen molar-refractivity contribution < 1.29 is 17.4 Å². The molecule has 2 aromatic rings. The predicted octanol–water partition coefficient (Wildman–Crippen LogP) is 0.461. The van der Waals surface area contributed by atoms with Gasteiger partial charge >= 0.3 is 0 Å². The molecular formula is C9H12N4O4S. The Morgan fingerprint density at radius 1 is 1.22 bits per heavy atom. The Balaban J connectivity index is 2.18. The number of aromatic nitrogens is 3. The Kier molecular flexibility index (Phi) is 3.18. The molecule has 2 heterocycles. The molecule has 9 heteroatoms. The highest BCUT2D eigenvalue weighted by Crippen LogP contribution is 2.18. The minimum absolute atomic E-state index is 0.0405. The summed E-state index contributed by atoms with van der Waals surface area (Å²) in [5, 5.41) is 10.9. The zero-order chi connectivity index (χ0) is 13.3. The van der Waals surface area contributed by atoms with Crippen LogP contribution in [0.2, 0.25) is 0 Å². The highest BCUT2D eigenvalue weighted by molar-refractivity contribution is 7.89. The molecule has 0 fully saturated rings. The van der Waals surface area contributed by atoms with Gasteiger partial charge < -0.3 is 8.94 Å². The van der Waals surface area contributed by atoms with E-state index in [-0.39, 0.29) is 23.1 Å². The highest BCUT2D eigenvalue weighted by Gasteiger charge is 2.24. The van der Waals surface area contributed by atoms with Crippen molar-refractivity contribution in [1.29, 1.82) is 0 Å². The van der Waals surface area contributed by atoms with Gasteiger partial charge in [-0.05, 0) is 13.8 Å². The summed E-state index contributed by atoms with van der Waals surface area (Å²) in [4.78, 5) is 0.0405. The highest BCUT2D eigenvalue weighted by atomic mass is 32.2. The van der Waals surface area contributed by atoms with Gasteiger partial charge in [-0.1, -0.05) is 5.16 Å². The Hall–Kier alpha value is -1.74. The van der Waals surface area contributed by atoms with E-state index in [1.54, 1.807) is 13.8 Å². The van der Waals surface area contributed by atoms with Gasteiger partial charge in [0.05, 0.1) is 6.54 Å². The molecule has 98 valence electrons. The van der Waals surface area contributed by atoms with Crippen LogP contribution >= 0.6 is 0 Å². The summed E-state index contributed by atoms with van der Waals surface area (Å²) in [6.07, 6.45) is 0. The summed E-state index contributed by atoms with van der Waals surface area (Å²) in [6, 6.07) is 0. The van der Waals surface area contributed by atoms with Gasteiger partial charge in [-0.15, -0.1) is 10.2 Å². The fourth-order valence-electron chi connectivity index (χ4n) is 1.50. The monoisotopic (exact) mass is 272 g/mol. The van der Waals surface area contributed by atoms with Gasteiger partial charge in [0.1, 0.15) is 10.6 Å². The van der Waals surface area contributed by atoms with E-state index in [9.17, 15) is 8.42 Å². The van der Waals surface area contributed by atoms with Crippen LogP contribution in [0.5, 0.6) is 0 Å². The van der Waals surface area contributed by atoms with Gasteiger partial charge in [0.2, 0.25) is 21.8 Å². The first kappa shape index (κ1) is 12.7. The number of aryl methyl sites for hydroxylation is 3. The van der Waals surface area contributed by atoms with Crippen molar-refractivity contribution in [2.75, 3.05) is 0 Å². The first-order valence-corrected chi connectivity index (χ1v) is 6.60. The van der Waals surface area contributed by atoms with Gasteiger partial charge in [0.25, 0.3) is 0 Å². The predicted molar refractivity (Wildman–Crippen MR) is 59.0 cm³/mol. The van der Waals surface area contributed by atoms with Crippen molar-refractivity contribution in [1.82, 2.24) is 20.1 Å². The summed E-state index contributed by atoms with van der Waals surface area (Å²) in [5.74, 6) is 0.811. The van der Waals surface area contributed by atoms with Gasteiger partial charge in [-0.3, -0.25) is 0 Å². The minimum Gasteiger partial charge on any atom is -0.424 e. The third kappa shape index (κ3) is 2.41. The Labute approximate surface area is 103 Å². The van der Waals surface area contributed by atoms with Gasteiger partial charge in [0.15, 0.2) is 5.76 Å². The second kappa shape index (κ2) is 4.50. The summed E-state index contributed by atoms with van der Waals surface area (Å²) >= 11 is 0. The summed E-state index contributed by atoms with van der Waals surface area (Å²) in [6.45, 7) is 4.64. The number of sulfonamides is 1. The van der Waals surface area contributed by atoms with Crippen LogP contribution in [-0.2, 0) is 16.6 Å². The molecule has 0 aliphatic heterocycles. The molecule has 2 aromatic heterocycles. The number of nitrogens with zero attached hydrogens (tertiary/aromatic N) is 3. The van der Waals surface area contributed by atoms with Crippen LogP contribution in [0, 0.1) is 20.8 Å². The van der Waals surface area contributed by atoms with Crippen LogP contribution in [0.25, 0.3) is 0 Å². The van der Waals surface area contributed by atoms with Crippen LogP contribution in [0.3, 0.4) is 0 Å². The van der Waals surface area contributed by atoms with E-state index in [0.717, 1.165) is 0 Å². The average Bonchev–Trinajstić information content (AvgIpc) is 2.83. The lowest BCUT2D eigenvalue weighted by Crippen LogP contribution is -2.24. The summed E-state index contributed by atoms with van der Waals surface area (Å²) < 4.78 is 36.3. The van der Waals surface area contributed by atoms with Crippen molar-refractivity contribution in [3.8, 4) is 0 Å². The zero-order valence-corrected chi connectivity index (χ0v) is 10.9. The Morgan fingerprint density at radius 2 is 1.94 bits per heavy atom. The van der Waals surface area contributed by atoms with E-state index in [4.69, 9.17) is 8.94 Å². The quantitative estimate of drug-likeness (QED) is 0.860. The SMILES string of the molecule is Cc1nnc(CNS(=O)(=O)c2c(C)noc2C)o1. The second-order valence-corrected chi connectivity index (χ2v) is 5.40. The van der Waals surface area contributed by atoms with E-state index in [1.165, 1.54) is 6.92 Å². The lowest BCUT2D eigenvalue weighted by Gasteiger charge is -2.03. The molecule has 0 aliphatic rings. The van der Waals surface area contributed by atoms with Crippen LogP contribution < -0.4 is 4.72 Å². The lowest BCUT2D eigenvalue weighted by molar-refractivity contribution is 0.390. The van der Waals surface area contributed by atoms with Crippen molar-refractivity contribution in [3.63, 3.8) is 0 Å². The first-order valence-electron chi connectivity index (χ1n) is 5.11. The van der Waals surface area contributed by atoms with Crippen LogP contribution in [0.4, 0.5) is 0 Å². The van der Waals surface area contributed by atoms with E-state index in [0.29, 0.717) is 11.6 Å². The molecule has 0 radical (unpaired) electrons. The standard InChI is InChI=1S/C9H12N4O4S/c1-5-9(6(2)17-13-5)18(14,15)10-4-8-12-11-7(3)16-8/h10H,4H2,1-3H3. The van der Waals surface area contributed by atoms with E-state index < -0.39 is 10.0 Å². The maximum absolute atomic E-state index is 12.0. The molecule has 0 bridgehead atoms. The van der Waals surface area contributed by atoms with Gasteiger partial charge in [0, 0.05) is 6.92 Å². The fourth-order valence-corrected chi connectivity index (χ4v) is 2.80. The fraction of sp³-hybridized carbons (Fsp3) is 0.444. The summed E-state index contributed by atoms with van der Waals surface area (Å²) in [7, 11) is -3.70. The van der Waals surface area contributed by atoms with Crippen molar-refractivity contribution in [2.24, 2.45) is 0 Å². The lowest BCUT2D eigenvalue weighted by atomic mass is 10.4. The zero-order valence-electron chi connectivity index (χ0n) is 10.1. The molecule has 0 saturated heterocycles. The number of hydrogen-bond donors (Lipinski definition) is 1. The molecule has 0 unspecified atom stereocenters. The smallest absolute Gasteiger partial charge is 0.246 e. The van der Waals surface area contributed by atoms with E-state index >= 15 is 0 Å². The first-order chi connectivity index (χ1) is 8.40.